The van der Waals surface area contributed by atoms with Crippen LogP contribution in [0.1, 0.15) is 38.7 Å². The molecule has 0 saturated heterocycles. The molecule has 1 fully saturated rings. The molecular formula is C35H40O4Si. The molecule has 1 N–H and O–H groups in total. The van der Waals surface area contributed by atoms with E-state index in [9.17, 15) is 4.80 Å². The minimum absolute atomic E-state index is 0.0519. The van der Waals surface area contributed by atoms with Gasteiger partial charge in [0.15, 0.2) is 11.5 Å². The molecule has 1 aliphatic carbocycles. The highest BCUT2D eigenvalue weighted by Gasteiger charge is 2.57. The van der Waals surface area contributed by atoms with Crippen LogP contribution in [-0.4, -0.2) is 33.9 Å². The van der Waals surface area contributed by atoms with Gasteiger partial charge in [0, 0.05) is 11.5 Å². The van der Waals surface area contributed by atoms with Crippen LogP contribution in [-0.2, 0) is 5.41 Å². The highest BCUT2D eigenvalue weighted by atomic mass is 28.4. The third kappa shape index (κ3) is 5.28. The van der Waals surface area contributed by atoms with Gasteiger partial charge in [0.1, 0.15) is 5.75 Å². The first-order chi connectivity index (χ1) is 19.3. The predicted molar refractivity (Wildman–Crippen MR) is 165 cm³/mol. The van der Waals surface area contributed by atoms with Crippen LogP contribution in [0.2, 0.25) is 5.04 Å². The van der Waals surface area contributed by atoms with E-state index >= 15 is 0 Å². The first-order valence-corrected chi connectivity index (χ1v) is 16.0. The lowest BCUT2D eigenvalue weighted by Crippen LogP contribution is -2.65. The lowest BCUT2D eigenvalue weighted by molar-refractivity contribution is 0.261. The molecule has 0 radical (unpaired) electrons. The summed E-state index contributed by atoms with van der Waals surface area (Å²) in [7, 11) is 0.236. The molecule has 5 rings (SSSR count). The number of hydrogen-bond donors (Lipinski definition) is 1. The van der Waals surface area contributed by atoms with Crippen molar-refractivity contribution in [2.45, 2.75) is 43.6 Å². The van der Waals surface area contributed by atoms with Crippen molar-refractivity contribution in [3.05, 3.63) is 115 Å². The summed E-state index contributed by atoms with van der Waals surface area (Å²) in [5.41, 5.74) is 1.26. The maximum Gasteiger partial charge on any atom is 0.258 e. The Morgan fingerprint density at radius 2 is 1.32 bits per heavy atom. The number of methoxy groups -OCH3 is 2. The van der Waals surface area contributed by atoms with E-state index in [1.54, 1.807) is 14.2 Å². The summed E-state index contributed by atoms with van der Waals surface area (Å²) in [5, 5.41) is 1.85. The van der Waals surface area contributed by atoms with Crippen molar-refractivity contribution in [1.29, 1.82) is 0 Å². The summed E-state index contributed by atoms with van der Waals surface area (Å²) in [5.74, 6) is 2.59. The zero-order chi connectivity index (χ0) is 28.2. The molecule has 0 heterocycles. The van der Waals surface area contributed by atoms with Crippen LogP contribution in [0.3, 0.4) is 0 Å². The van der Waals surface area contributed by atoms with Crippen molar-refractivity contribution in [3.8, 4) is 17.2 Å². The van der Waals surface area contributed by atoms with Crippen LogP contribution in [0.25, 0.3) is 0 Å². The molecule has 0 spiro atoms. The van der Waals surface area contributed by atoms with Crippen LogP contribution >= 0.6 is 0 Å². The number of ether oxygens (including phenoxy) is 3. The number of rotatable bonds is 12. The second-order valence-electron chi connectivity index (χ2n) is 11.6. The fourth-order valence-corrected chi connectivity index (χ4v) is 10.0. The van der Waals surface area contributed by atoms with Crippen molar-refractivity contribution >= 4 is 18.7 Å². The third-order valence-electron chi connectivity index (χ3n) is 8.91. The molecule has 1 aliphatic rings. The Morgan fingerprint density at radius 1 is 0.775 bits per heavy atom. The Morgan fingerprint density at radius 3 is 1.88 bits per heavy atom. The van der Waals surface area contributed by atoms with E-state index in [0.717, 1.165) is 35.4 Å². The van der Waals surface area contributed by atoms with Gasteiger partial charge in [-0.2, -0.15) is 0 Å². The van der Waals surface area contributed by atoms with Crippen molar-refractivity contribution in [1.82, 2.24) is 0 Å². The van der Waals surface area contributed by atoms with Crippen LogP contribution in [0.4, 0.5) is 0 Å². The molecule has 4 aromatic rings. The number of benzene rings is 4. The largest absolute Gasteiger partial charge is 0.493 e. The monoisotopic (exact) mass is 552 g/mol. The molecule has 0 bridgehead atoms. The topological polar surface area (TPSA) is 47.9 Å². The average Bonchev–Trinajstić information content (AvgIpc) is 3.74. The van der Waals surface area contributed by atoms with Gasteiger partial charge < -0.3 is 19.0 Å². The summed E-state index contributed by atoms with van der Waals surface area (Å²) in [6, 6.07) is 37.1. The predicted octanol–water partition coefficient (Wildman–Crippen LogP) is 6.35. The van der Waals surface area contributed by atoms with E-state index in [1.165, 1.54) is 5.56 Å². The zero-order valence-corrected chi connectivity index (χ0v) is 25.0. The van der Waals surface area contributed by atoms with Gasteiger partial charge in [-0.05, 0) is 58.3 Å². The van der Waals surface area contributed by atoms with E-state index in [-0.39, 0.29) is 10.5 Å². The van der Waals surface area contributed by atoms with Crippen molar-refractivity contribution in [2.24, 2.45) is 5.92 Å². The minimum atomic E-state index is -3.04. The van der Waals surface area contributed by atoms with E-state index < -0.39 is 8.32 Å². The molecule has 0 aliphatic heterocycles. The standard InChI is InChI=1S/C35H40O4Si/c1-34(2,40(36,30-16-10-6-11-17-30)31-18-12-7-13-19-31)23-22-28-25-35(28,27-14-8-5-9-15-27)26-39-29-20-21-32(37-3)33(24-29)38-4/h5-21,24,28,36H,22-23,25-26H2,1-4H3. The second-order valence-corrected chi connectivity index (χ2v) is 15.5. The molecule has 2 unspecified atom stereocenters. The van der Waals surface area contributed by atoms with Gasteiger partial charge in [0.05, 0.1) is 20.8 Å². The number of hydrogen-bond acceptors (Lipinski definition) is 4. The Labute approximate surface area is 239 Å². The van der Waals surface area contributed by atoms with Crippen LogP contribution < -0.4 is 24.6 Å². The van der Waals surface area contributed by atoms with Crippen LogP contribution in [0, 0.1) is 5.92 Å². The van der Waals surface area contributed by atoms with Gasteiger partial charge in [-0.1, -0.05) is 105 Å². The van der Waals surface area contributed by atoms with E-state index in [2.05, 4.69) is 68.4 Å². The van der Waals surface area contributed by atoms with Crippen molar-refractivity contribution < 1.29 is 19.0 Å². The highest BCUT2D eigenvalue weighted by Crippen LogP contribution is 2.58. The minimum Gasteiger partial charge on any atom is -0.493 e. The molecule has 1 saturated carbocycles. The van der Waals surface area contributed by atoms with E-state index in [0.29, 0.717) is 24.0 Å². The quantitative estimate of drug-likeness (QED) is 0.208. The lowest BCUT2D eigenvalue weighted by Gasteiger charge is -2.41. The second kappa shape index (κ2) is 11.5. The Kier molecular flexibility index (Phi) is 8.06. The molecule has 5 heteroatoms. The van der Waals surface area contributed by atoms with E-state index in [1.807, 2.05) is 54.6 Å². The Bertz CT molecular complexity index is 1350. The maximum atomic E-state index is 12.6. The Hall–Kier alpha value is -3.54. The molecule has 208 valence electrons. The average molecular weight is 553 g/mol. The van der Waals surface area contributed by atoms with E-state index in [4.69, 9.17) is 14.2 Å². The molecule has 0 aromatic heterocycles. The zero-order valence-electron chi connectivity index (χ0n) is 24.0. The van der Waals surface area contributed by atoms with Gasteiger partial charge in [-0.3, -0.25) is 0 Å². The fourth-order valence-electron chi connectivity index (χ4n) is 6.28. The van der Waals surface area contributed by atoms with Gasteiger partial charge in [-0.15, -0.1) is 0 Å². The molecule has 2 atom stereocenters. The summed E-state index contributed by atoms with van der Waals surface area (Å²) in [6.45, 7) is 5.11. The lowest BCUT2D eigenvalue weighted by atomic mass is 9.91. The van der Waals surface area contributed by atoms with Gasteiger partial charge in [-0.25, -0.2) is 0 Å². The molecular weight excluding hydrogens is 512 g/mol. The summed E-state index contributed by atoms with van der Waals surface area (Å²) < 4.78 is 17.3. The van der Waals surface area contributed by atoms with Gasteiger partial charge >= 0.3 is 0 Å². The van der Waals surface area contributed by atoms with Crippen molar-refractivity contribution in [3.63, 3.8) is 0 Å². The molecule has 4 aromatic carbocycles. The Balaban J connectivity index is 1.37. The SMILES string of the molecule is COc1ccc(OCC2(c3ccccc3)CC2CCC(C)(C)[Si](O)(c2ccccc2)c2ccccc2)cc1OC. The van der Waals surface area contributed by atoms with Crippen LogP contribution in [0.5, 0.6) is 17.2 Å². The molecule has 0 amide bonds. The van der Waals surface area contributed by atoms with Gasteiger partial charge in [0.2, 0.25) is 0 Å². The summed E-state index contributed by atoms with van der Waals surface area (Å²) >= 11 is 0. The van der Waals surface area contributed by atoms with Crippen LogP contribution in [0.15, 0.2) is 109 Å². The summed E-state index contributed by atoms with van der Waals surface area (Å²) in [4.78, 5) is 12.6. The fraction of sp³-hybridized carbons (Fsp3) is 0.314. The normalized spacial score (nSPS) is 18.7. The third-order valence-corrected chi connectivity index (χ3v) is 13.5. The van der Waals surface area contributed by atoms with Gasteiger partial charge in [0.25, 0.3) is 8.32 Å². The summed E-state index contributed by atoms with van der Waals surface area (Å²) in [6.07, 6.45) is 3.01. The highest BCUT2D eigenvalue weighted by molar-refractivity contribution is 6.98. The first kappa shape index (κ1) is 28.0. The first-order valence-electron chi connectivity index (χ1n) is 14.1. The molecule has 40 heavy (non-hydrogen) atoms. The maximum absolute atomic E-state index is 12.6. The molecule has 4 nitrogen and oxygen atoms in total. The smallest absolute Gasteiger partial charge is 0.258 e. The van der Waals surface area contributed by atoms with Crippen molar-refractivity contribution in [2.75, 3.05) is 20.8 Å².